The first-order chi connectivity index (χ1) is 9.58. The van der Waals surface area contributed by atoms with Crippen molar-refractivity contribution >= 4 is 27.7 Å². The molecule has 0 aliphatic carbocycles. The Labute approximate surface area is 134 Å². The largest absolute Gasteiger partial charge is 0.327 e. The first-order valence-corrected chi connectivity index (χ1v) is 8.48. The summed E-state index contributed by atoms with van der Waals surface area (Å²) < 4.78 is 1.11. The summed E-state index contributed by atoms with van der Waals surface area (Å²) in [6, 6.07) is 15.3. The van der Waals surface area contributed by atoms with Gasteiger partial charge in [-0.3, -0.25) is 0 Å². The Hall–Kier alpha value is -0.770. The second-order valence-corrected chi connectivity index (χ2v) is 7.07. The van der Waals surface area contributed by atoms with Gasteiger partial charge >= 0.3 is 0 Å². The normalized spacial score (nSPS) is 12.4. The summed E-state index contributed by atoms with van der Waals surface area (Å²) >= 11 is 5.36. The lowest BCUT2D eigenvalue weighted by atomic mass is 10.1. The smallest absolute Gasteiger partial charge is 0.0186 e. The molecule has 2 N–H and O–H groups in total. The highest BCUT2D eigenvalue weighted by atomic mass is 79.9. The van der Waals surface area contributed by atoms with Crippen molar-refractivity contribution in [2.75, 3.05) is 0 Å². The molecule has 20 heavy (non-hydrogen) atoms. The number of rotatable bonds is 5. The zero-order valence-corrected chi connectivity index (χ0v) is 14.3. The van der Waals surface area contributed by atoms with E-state index in [1.54, 1.807) is 11.8 Å². The average Bonchev–Trinajstić information content (AvgIpc) is 2.44. The van der Waals surface area contributed by atoms with Crippen LogP contribution in [-0.4, -0.2) is 6.04 Å². The number of hydrogen-bond donors (Lipinski definition) is 1. The van der Waals surface area contributed by atoms with Crippen molar-refractivity contribution in [2.45, 2.75) is 42.5 Å². The molecule has 0 heterocycles. The second-order valence-electron chi connectivity index (χ2n) is 5.04. The number of halogens is 1. The van der Waals surface area contributed by atoms with Gasteiger partial charge in [-0.05, 0) is 49.6 Å². The predicted molar refractivity (Wildman–Crippen MR) is 91.4 cm³/mol. The van der Waals surface area contributed by atoms with Gasteiger partial charge < -0.3 is 5.73 Å². The van der Waals surface area contributed by atoms with E-state index in [-0.39, 0.29) is 6.04 Å². The third-order valence-corrected chi connectivity index (χ3v) is 4.89. The van der Waals surface area contributed by atoms with Crippen LogP contribution in [0.1, 0.15) is 24.5 Å². The van der Waals surface area contributed by atoms with Gasteiger partial charge in [0.2, 0.25) is 0 Å². The Morgan fingerprint density at radius 1 is 1.15 bits per heavy atom. The molecule has 0 aliphatic heterocycles. The summed E-state index contributed by atoms with van der Waals surface area (Å²) in [5.74, 6) is 0. The first kappa shape index (κ1) is 15.6. The number of hydrogen-bond acceptors (Lipinski definition) is 2. The summed E-state index contributed by atoms with van der Waals surface area (Å²) in [6.07, 6.45) is 1.93. The standard InChI is InChI=1S/C17H20BrNS/c1-3-15(19)10-13-6-7-14(18)11-17(13)20-16-8-4-12(2)5-9-16/h4-9,11,15H,3,10,19H2,1-2H3. The Kier molecular flexibility index (Phi) is 5.70. The van der Waals surface area contributed by atoms with Crippen LogP contribution in [0.3, 0.4) is 0 Å². The number of nitrogens with two attached hydrogens (primary N) is 1. The maximum absolute atomic E-state index is 6.10. The van der Waals surface area contributed by atoms with Crippen LogP contribution in [-0.2, 0) is 6.42 Å². The first-order valence-electron chi connectivity index (χ1n) is 6.87. The van der Waals surface area contributed by atoms with Crippen LogP contribution in [0.15, 0.2) is 56.7 Å². The van der Waals surface area contributed by atoms with Crippen LogP contribution in [0.2, 0.25) is 0 Å². The lowest BCUT2D eigenvalue weighted by Gasteiger charge is -2.13. The van der Waals surface area contributed by atoms with E-state index in [4.69, 9.17) is 5.73 Å². The number of aryl methyl sites for hydroxylation is 1. The highest BCUT2D eigenvalue weighted by Gasteiger charge is 2.09. The molecule has 106 valence electrons. The van der Waals surface area contributed by atoms with E-state index in [2.05, 4.69) is 72.2 Å². The van der Waals surface area contributed by atoms with Crippen molar-refractivity contribution in [1.82, 2.24) is 0 Å². The van der Waals surface area contributed by atoms with Gasteiger partial charge in [0.1, 0.15) is 0 Å². The topological polar surface area (TPSA) is 26.0 Å². The summed E-state index contributed by atoms with van der Waals surface area (Å²) in [6.45, 7) is 4.25. The van der Waals surface area contributed by atoms with Gasteiger partial charge in [0.25, 0.3) is 0 Å². The van der Waals surface area contributed by atoms with Crippen LogP contribution >= 0.6 is 27.7 Å². The van der Waals surface area contributed by atoms with E-state index in [1.807, 2.05) is 0 Å². The van der Waals surface area contributed by atoms with Gasteiger partial charge in [0.05, 0.1) is 0 Å². The van der Waals surface area contributed by atoms with Crippen molar-refractivity contribution in [2.24, 2.45) is 5.73 Å². The minimum atomic E-state index is 0.230. The fraction of sp³-hybridized carbons (Fsp3) is 0.294. The molecule has 1 unspecified atom stereocenters. The van der Waals surface area contributed by atoms with Gasteiger partial charge in [0.15, 0.2) is 0 Å². The maximum Gasteiger partial charge on any atom is 0.0186 e. The summed E-state index contributed by atoms with van der Waals surface area (Å²) in [5.41, 5.74) is 8.72. The minimum absolute atomic E-state index is 0.230. The highest BCUT2D eigenvalue weighted by molar-refractivity contribution is 9.10. The van der Waals surface area contributed by atoms with Gasteiger partial charge in [-0.25, -0.2) is 0 Å². The summed E-state index contributed by atoms with van der Waals surface area (Å²) in [5, 5.41) is 0. The maximum atomic E-state index is 6.10. The third kappa shape index (κ3) is 4.37. The van der Waals surface area contributed by atoms with E-state index < -0.39 is 0 Å². The molecule has 0 fully saturated rings. The lowest BCUT2D eigenvalue weighted by molar-refractivity contribution is 0.641. The average molecular weight is 350 g/mol. The number of benzene rings is 2. The predicted octanol–water partition coefficient (Wildman–Crippen LogP) is 5.19. The third-order valence-electron chi connectivity index (χ3n) is 3.28. The molecule has 2 aromatic rings. The molecule has 0 saturated carbocycles. The van der Waals surface area contributed by atoms with Crippen molar-refractivity contribution in [3.05, 3.63) is 58.1 Å². The molecule has 0 spiro atoms. The van der Waals surface area contributed by atoms with Crippen molar-refractivity contribution in [1.29, 1.82) is 0 Å². The SMILES string of the molecule is CCC(N)Cc1ccc(Br)cc1Sc1ccc(C)cc1. The van der Waals surface area contributed by atoms with E-state index in [0.717, 1.165) is 17.3 Å². The second kappa shape index (κ2) is 7.30. The Bertz CT molecular complexity index is 566. The molecule has 3 heteroatoms. The van der Waals surface area contributed by atoms with Gasteiger partial charge in [-0.2, -0.15) is 0 Å². The molecule has 2 rings (SSSR count). The van der Waals surface area contributed by atoms with Crippen molar-refractivity contribution in [3.63, 3.8) is 0 Å². The molecule has 1 nitrogen and oxygen atoms in total. The van der Waals surface area contributed by atoms with Crippen LogP contribution in [0, 0.1) is 6.92 Å². The van der Waals surface area contributed by atoms with Crippen LogP contribution in [0.4, 0.5) is 0 Å². The van der Waals surface area contributed by atoms with Gasteiger partial charge in [-0.1, -0.05) is 58.4 Å². The lowest BCUT2D eigenvalue weighted by Crippen LogP contribution is -2.21. The Balaban J connectivity index is 2.24. The molecule has 2 aromatic carbocycles. The molecule has 0 amide bonds. The Morgan fingerprint density at radius 2 is 1.85 bits per heavy atom. The zero-order valence-electron chi connectivity index (χ0n) is 11.9. The van der Waals surface area contributed by atoms with Crippen LogP contribution < -0.4 is 5.73 Å². The molecule has 1 atom stereocenters. The minimum Gasteiger partial charge on any atom is -0.327 e. The van der Waals surface area contributed by atoms with E-state index in [1.165, 1.54) is 20.9 Å². The fourth-order valence-electron chi connectivity index (χ4n) is 1.95. The highest BCUT2D eigenvalue weighted by Crippen LogP contribution is 2.33. The Morgan fingerprint density at radius 3 is 2.50 bits per heavy atom. The molecule has 0 aromatic heterocycles. The van der Waals surface area contributed by atoms with E-state index in [0.29, 0.717) is 0 Å². The summed E-state index contributed by atoms with van der Waals surface area (Å²) in [4.78, 5) is 2.55. The molecule has 0 aliphatic rings. The molecule has 0 saturated heterocycles. The van der Waals surface area contributed by atoms with Gasteiger partial charge in [-0.15, -0.1) is 0 Å². The fourth-order valence-corrected chi connectivity index (χ4v) is 3.46. The molecule has 0 bridgehead atoms. The van der Waals surface area contributed by atoms with Crippen LogP contribution in [0.5, 0.6) is 0 Å². The molecule has 0 radical (unpaired) electrons. The van der Waals surface area contributed by atoms with E-state index >= 15 is 0 Å². The van der Waals surface area contributed by atoms with Crippen molar-refractivity contribution in [3.8, 4) is 0 Å². The molecular formula is C17H20BrNS. The zero-order chi connectivity index (χ0) is 14.5. The van der Waals surface area contributed by atoms with Crippen molar-refractivity contribution < 1.29 is 0 Å². The van der Waals surface area contributed by atoms with Gasteiger partial charge in [0, 0.05) is 20.3 Å². The molecular weight excluding hydrogens is 330 g/mol. The monoisotopic (exact) mass is 349 g/mol. The quantitative estimate of drug-likeness (QED) is 0.803. The van der Waals surface area contributed by atoms with E-state index in [9.17, 15) is 0 Å². The summed E-state index contributed by atoms with van der Waals surface area (Å²) in [7, 11) is 0. The van der Waals surface area contributed by atoms with Crippen LogP contribution in [0.25, 0.3) is 0 Å².